The van der Waals surface area contributed by atoms with Gasteiger partial charge in [0.15, 0.2) is 0 Å². The predicted octanol–water partition coefficient (Wildman–Crippen LogP) is 4.00. The third-order valence-electron chi connectivity index (χ3n) is 5.50. The molecule has 1 N–H and O–H groups in total. The molecule has 0 unspecified atom stereocenters. The topological polar surface area (TPSA) is 33.1 Å². The number of rotatable bonds is 3. The highest BCUT2D eigenvalue weighted by molar-refractivity contribution is 6.30. The molecule has 1 aromatic heterocycles. The van der Waals surface area contributed by atoms with E-state index in [0.717, 1.165) is 30.2 Å². The second-order valence-electron chi connectivity index (χ2n) is 6.94. The van der Waals surface area contributed by atoms with Gasteiger partial charge in [0, 0.05) is 23.0 Å². The number of piperidine rings is 1. The van der Waals surface area contributed by atoms with E-state index in [2.05, 4.69) is 34.8 Å². The summed E-state index contributed by atoms with van der Waals surface area (Å²) in [6.07, 6.45) is 3.51. The zero-order chi connectivity index (χ0) is 16.7. The number of hydrogen-bond donors (Lipinski definition) is 1. The summed E-state index contributed by atoms with van der Waals surface area (Å²) in [5.41, 5.74) is 5.02. The van der Waals surface area contributed by atoms with Crippen LogP contribution in [0.5, 0.6) is 0 Å². The van der Waals surface area contributed by atoms with Gasteiger partial charge in [-0.25, -0.2) is 4.68 Å². The minimum atomic E-state index is 0.585. The van der Waals surface area contributed by atoms with E-state index in [1.165, 1.54) is 48.6 Å². The summed E-state index contributed by atoms with van der Waals surface area (Å²) in [7, 11) is 0. The predicted molar refractivity (Wildman–Crippen MR) is 99.6 cm³/mol. The average molecular weight is 345 g/mol. The van der Waals surface area contributed by atoms with Crippen LogP contribution in [0.15, 0.2) is 18.2 Å². The van der Waals surface area contributed by atoms with Gasteiger partial charge in [0.05, 0.1) is 11.4 Å². The molecular weight excluding hydrogens is 320 g/mol. The molecule has 1 fully saturated rings. The van der Waals surface area contributed by atoms with Crippen LogP contribution in [0.1, 0.15) is 42.5 Å². The molecule has 128 valence electrons. The van der Waals surface area contributed by atoms with E-state index in [0.29, 0.717) is 5.92 Å². The molecule has 0 saturated carbocycles. The van der Waals surface area contributed by atoms with E-state index in [-0.39, 0.29) is 0 Å². The summed E-state index contributed by atoms with van der Waals surface area (Å²) in [6, 6.07) is 6.03. The highest BCUT2D eigenvalue weighted by atomic mass is 35.5. The molecule has 3 heterocycles. The van der Waals surface area contributed by atoms with Gasteiger partial charge in [-0.3, -0.25) is 0 Å². The maximum atomic E-state index is 6.24. The Morgan fingerprint density at radius 1 is 1.29 bits per heavy atom. The first-order valence-corrected chi connectivity index (χ1v) is 9.39. The zero-order valence-electron chi connectivity index (χ0n) is 14.5. The second-order valence-corrected chi connectivity index (χ2v) is 7.38. The normalized spacial score (nSPS) is 18.6. The molecule has 2 aliphatic heterocycles. The summed E-state index contributed by atoms with van der Waals surface area (Å²) < 4.78 is 2.09. The summed E-state index contributed by atoms with van der Waals surface area (Å²) in [4.78, 5) is 2.53. The molecule has 0 amide bonds. The molecular formula is C19H25ClN4. The number of anilines is 1. The fourth-order valence-corrected chi connectivity index (χ4v) is 4.20. The zero-order valence-corrected chi connectivity index (χ0v) is 15.2. The Morgan fingerprint density at radius 3 is 2.83 bits per heavy atom. The minimum Gasteiger partial charge on any atom is -0.369 e. The molecule has 4 rings (SSSR count). The fourth-order valence-electron chi connectivity index (χ4n) is 4.04. The molecule has 1 saturated heterocycles. The number of aromatic nitrogens is 2. The Morgan fingerprint density at radius 2 is 2.08 bits per heavy atom. The molecule has 0 aliphatic carbocycles. The summed E-state index contributed by atoms with van der Waals surface area (Å²) in [5.74, 6) is 1.76. The van der Waals surface area contributed by atoms with Crippen molar-refractivity contribution in [1.82, 2.24) is 14.7 Å². The third-order valence-corrected chi connectivity index (χ3v) is 5.74. The Balaban J connectivity index is 1.72. The van der Waals surface area contributed by atoms with Gasteiger partial charge in [-0.2, -0.15) is 5.10 Å². The van der Waals surface area contributed by atoms with Crippen molar-refractivity contribution in [3.8, 4) is 5.69 Å². The lowest BCUT2D eigenvalue weighted by Crippen LogP contribution is -2.33. The van der Waals surface area contributed by atoms with Crippen molar-refractivity contribution >= 4 is 17.4 Å². The van der Waals surface area contributed by atoms with E-state index >= 15 is 0 Å². The highest BCUT2D eigenvalue weighted by Crippen LogP contribution is 2.37. The molecule has 0 bridgehead atoms. The van der Waals surface area contributed by atoms with Crippen LogP contribution in [0.25, 0.3) is 5.69 Å². The van der Waals surface area contributed by atoms with Gasteiger partial charge in [-0.1, -0.05) is 24.6 Å². The molecule has 2 aliphatic rings. The van der Waals surface area contributed by atoms with E-state index in [9.17, 15) is 0 Å². The third kappa shape index (κ3) is 2.72. The quantitative estimate of drug-likeness (QED) is 0.913. The average Bonchev–Trinajstić information content (AvgIpc) is 3.20. The van der Waals surface area contributed by atoms with Crippen LogP contribution >= 0.6 is 11.6 Å². The van der Waals surface area contributed by atoms with E-state index < -0.39 is 0 Å². The number of nitrogens with zero attached hydrogens (tertiary/aromatic N) is 3. The van der Waals surface area contributed by atoms with E-state index in [1.54, 1.807) is 0 Å². The standard InChI is InChI=1S/C19H25ClN4/c1-3-23-10-7-14(8-11-23)18-16-6-9-21-19(16)24(22-18)17-12-15(20)5-4-13(17)2/h4-5,12,14,21H,3,6-11H2,1-2H3. The van der Waals surface area contributed by atoms with Gasteiger partial charge < -0.3 is 10.2 Å². The van der Waals surface area contributed by atoms with Crippen molar-refractivity contribution in [2.24, 2.45) is 0 Å². The number of fused-ring (bicyclic) bond motifs is 1. The van der Waals surface area contributed by atoms with Crippen LogP contribution in [-0.4, -0.2) is 40.9 Å². The lowest BCUT2D eigenvalue weighted by atomic mass is 9.91. The van der Waals surface area contributed by atoms with Crippen LogP contribution in [0, 0.1) is 6.92 Å². The monoisotopic (exact) mass is 344 g/mol. The summed E-state index contributed by atoms with van der Waals surface area (Å²) >= 11 is 6.24. The first kappa shape index (κ1) is 16.0. The second kappa shape index (κ2) is 6.41. The molecule has 0 radical (unpaired) electrons. The van der Waals surface area contributed by atoms with Crippen LogP contribution in [0.4, 0.5) is 5.82 Å². The minimum absolute atomic E-state index is 0.585. The molecule has 1 aromatic carbocycles. The lowest BCUT2D eigenvalue weighted by molar-refractivity contribution is 0.220. The molecule has 4 nitrogen and oxygen atoms in total. The number of nitrogens with one attached hydrogen (secondary N) is 1. The number of halogens is 1. The van der Waals surface area contributed by atoms with Crippen LogP contribution in [-0.2, 0) is 6.42 Å². The molecule has 0 atom stereocenters. The van der Waals surface area contributed by atoms with E-state index in [4.69, 9.17) is 16.7 Å². The number of aryl methyl sites for hydroxylation is 1. The summed E-state index contributed by atoms with van der Waals surface area (Å²) in [6.45, 7) is 8.90. The Labute approximate surface area is 148 Å². The van der Waals surface area contributed by atoms with Crippen molar-refractivity contribution in [2.75, 3.05) is 31.5 Å². The van der Waals surface area contributed by atoms with Crippen LogP contribution in [0.3, 0.4) is 0 Å². The smallest absolute Gasteiger partial charge is 0.133 e. The Hall–Kier alpha value is -1.52. The van der Waals surface area contributed by atoms with Crippen molar-refractivity contribution in [3.63, 3.8) is 0 Å². The number of benzene rings is 1. The molecule has 5 heteroatoms. The van der Waals surface area contributed by atoms with E-state index in [1.807, 2.05) is 12.1 Å². The Bertz CT molecular complexity index is 744. The van der Waals surface area contributed by atoms with Gasteiger partial charge in [0.2, 0.25) is 0 Å². The number of hydrogen-bond acceptors (Lipinski definition) is 3. The Kier molecular flexibility index (Phi) is 4.27. The van der Waals surface area contributed by atoms with Crippen molar-refractivity contribution in [1.29, 1.82) is 0 Å². The summed E-state index contributed by atoms with van der Waals surface area (Å²) in [5, 5.41) is 9.36. The van der Waals surface area contributed by atoms with Crippen molar-refractivity contribution in [2.45, 2.75) is 39.0 Å². The van der Waals surface area contributed by atoms with Gasteiger partial charge in [-0.15, -0.1) is 0 Å². The first-order chi connectivity index (χ1) is 11.7. The fraction of sp³-hybridized carbons (Fsp3) is 0.526. The van der Waals surface area contributed by atoms with Gasteiger partial charge in [0.25, 0.3) is 0 Å². The van der Waals surface area contributed by atoms with Crippen molar-refractivity contribution in [3.05, 3.63) is 40.0 Å². The maximum absolute atomic E-state index is 6.24. The van der Waals surface area contributed by atoms with Gasteiger partial charge in [0.1, 0.15) is 5.82 Å². The van der Waals surface area contributed by atoms with Gasteiger partial charge >= 0.3 is 0 Å². The molecule has 24 heavy (non-hydrogen) atoms. The van der Waals surface area contributed by atoms with Crippen LogP contribution < -0.4 is 5.32 Å². The SMILES string of the molecule is CCN1CCC(c2nn(-c3cc(Cl)ccc3C)c3c2CCN3)CC1. The van der Waals surface area contributed by atoms with Gasteiger partial charge in [-0.05, 0) is 63.5 Å². The maximum Gasteiger partial charge on any atom is 0.133 e. The number of likely N-dealkylation sites (tertiary alicyclic amines) is 1. The highest BCUT2D eigenvalue weighted by Gasteiger charge is 2.30. The van der Waals surface area contributed by atoms with Crippen molar-refractivity contribution < 1.29 is 0 Å². The molecule has 0 spiro atoms. The molecule has 2 aromatic rings. The first-order valence-electron chi connectivity index (χ1n) is 9.02. The lowest BCUT2D eigenvalue weighted by Gasteiger charge is -2.30. The van der Waals surface area contributed by atoms with Crippen LogP contribution in [0.2, 0.25) is 5.02 Å². The largest absolute Gasteiger partial charge is 0.369 e.